The number of hydrogen-bond acceptors (Lipinski definition) is 2. The van der Waals surface area contributed by atoms with E-state index in [9.17, 15) is 4.39 Å². The van der Waals surface area contributed by atoms with Gasteiger partial charge in [0, 0.05) is 7.11 Å². The molecular weight excluding hydrogens is 181 g/mol. The van der Waals surface area contributed by atoms with Crippen LogP contribution in [0.5, 0.6) is 0 Å². The quantitative estimate of drug-likeness (QED) is 0.801. The van der Waals surface area contributed by atoms with Gasteiger partial charge in [0.2, 0.25) is 0 Å². The van der Waals surface area contributed by atoms with Gasteiger partial charge in [0.25, 0.3) is 0 Å². The number of benzene rings is 1. The molecule has 1 rings (SSSR count). The number of hydrogen-bond donors (Lipinski definition) is 1. The van der Waals surface area contributed by atoms with Gasteiger partial charge in [-0.05, 0) is 29.7 Å². The molecule has 1 atom stereocenters. The fraction of sp³-hybridized carbons (Fsp3) is 0.455. The molecule has 2 nitrogen and oxygen atoms in total. The zero-order valence-corrected chi connectivity index (χ0v) is 8.59. The van der Waals surface area contributed by atoms with Gasteiger partial charge in [-0.25, -0.2) is 4.39 Å². The van der Waals surface area contributed by atoms with Crippen LogP contribution in [0.15, 0.2) is 18.2 Å². The molecule has 0 fully saturated rings. The van der Waals surface area contributed by atoms with Gasteiger partial charge in [-0.3, -0.25) is 0 Å². The van der Waals surface area contributed by atoms with Crippen LogP contribution in [0.25, 0.3) is 0 Å². The lowest BCUT2D eigenvalue weighted by Gasteiger charge is -2.11. The molecule has 1 aromatic rings. The van der Waals surface area contributed by atoms with Crippen molar-refractivity contribution in [2.75, 3.05) is 13.7 Å². The van der Waals surface area contributed by atoms with E-state index in [4.69, 9.17) is 10.5 Å². The molecule has 2 N–H and O–H groups in total. The Morgan fingerprint density at radius 3 is 2.79 bits per heavy atom. The van der Waals surface area contributed by atoms with Crippen molar-refractivity contribution in [1.29, 1.82) is 0 Å². The normalized spacial score (nSPS) is 12.9. The van der Waals surface area contributed by atoms with Gasteiger partial charge in [-0.15, -0.1) is 0 Å². The Labute approximate surface area is 83.9 Å². The minimum Gasteiger partial charge on any atom is -0.380 e. The van der Waals surface area contributed by atoms with E-state index in [1.54, 1.807) is 13.2 Å². The van der Waals surface area contributed by atoms with Crippen LogP contribution in [0.1, 0.15) is 24.0 Å². The van der Waals surface area contributed by atoms with Crippen LogP contribution in [0, 0.1) is 5.82 Å². The summed E-state index contributed by atoms with van der Waals surface area (Å²) in [5.74, 6) is -0.144. The molecule has 0 aliphatic rings. The number of rotatable bonds is 4. The molecule has 3 heteroatoms. The fourth-order valence-electron chi connectivity index (χ4n) is 1.35. The third-order valence-electron chi connectivity index (χ3n) is 2.26. The highest BCUT2D eigenvalue weighted by atomic mass is 19.1. The van der Waals surface area contributed by atoms with Crippen molar-refractivity contribution in [2.45, 2.75) is 19.4 Å². The maximum Gasteiger partial charge on any atom is 0.126 e. The second kappa shape index (κ2) is 5.08. The smallest absolute Gasteiger partial charge is 0.126 e. The van der Waals surface area contributed by atoms with E-state index in [1.165, 1.54) is 6.07 Å². The summed E-state index contributed by atoms with van der Waals surface area (Å²) in [6, 6.07) is 5.01. The maximum absolute atomic E-state index is 13.4. The van der Waals surface area contributed by atoms with Crippen LogP contribution in [0.2, 0.25) is 0 Å². The van der Waals surface area contributed by atoms with Crippen molar-refractivity contribution < 1.29 is 9.13 Å². The van der Waals surface area contributed by atoms with Gasteiger partial charge in [-0.1, -0.05) is 19.1 Å². The molecule has 0 bridgehead atoms. The van der Waals surface area contributed by atoms with E-state index >= 15 is 0 Å². The minimum absolute atomic E-state index is 0.0480. The van der Waals surface area contributed by atoms with Crippen molar-refractivity contribution in [3.05, 3.63) is 35.1 Å². The topological polar surface area (TPSA) is 35.2 Å². The van der Waals surface area contributed by atoms with Crippen LogP contribution in [-0.4, -0.2) is 13.7 Å². The average molecular weight is 197 g/mol. The van der Waals surface area contributed by atoms with Crippen molar-refractivity contribution in [2.24, 2.45) is 5.73 Å². The maximum atomic E-state index is 13.4. The molecule has 0 amide bonds. The van der Waals surface area contributed by atoms with Crippen molar-refractivity contribution in [1.82, 2.24) is 0 Å². The van der Waals surface area contributed by atoms with Crippen LogP contribution < -0.4 is 5.73 Å². The van der Waals surface area contributed by atoms with Crippen molar-refractivity contribution in [3.63, 3.8) is 0 Å². The lowest BCUT2D eigenvalue weighted by Crippen LogP contribution is -2.11. The highest BCUT2D eigenvalue weighted by molar-refractivity contribution is 5.27. The Bertz CT molecular complexity index is 301. The highest BCUT2D eigenvalue weighted by Crippen LogP contribution is 2.19. The zero-order chi connectivity index (χ0) is 10.6. The molecule has 0 aliphatic heterocycles. The molecular formula is C11H16FNO. The predicted molar refractivity (Wildman–Crippen MR) is 54.6 cm³/mol. The van der Waals surface area contributed by atoms with Gasteiger partial charge in [0.1, 0.15) is 5.82 Å². The minimum atomic E-state index is -0.192. The van der Waals surface area contributed by atoms with E-state index in [-0.39, 0.29) is 11.7 Å². The van der Waals surface area contributed by atoms with Crippen molar-refractivity contribution >= 4 is 0 Å². The molecule has 1 unspecified atom stereocenters. The second-order valence-corrected chi connectivity index (χ2v) is 3.43. The molecule has 0 aromatic heterocycles. The molecule has 0 aliphatic carbocycles. The summed E-state index contributed by atoms with van der Waals surface area (Å²) in [7, 11) is 1.62. The predicted octanol–water partition coefficient (Wildman–Crippen LogP) is 2.03. The zero-order valence-electron chi connectivity index (χ0n) is 8.59. The van der Waals surface area contributed by atoms with E-state index in [2.05, 4.69) is 0 Å². The number of methoxy groups -OCH3 is 1. The molecule has 0 saturated carbocycles. The third kappa shape index (κ3) is 2.53. The lowest BCUT2D eigenvalue weighted by atomic mass is 9.99. The number of halogens is 1. The summed E-state index contributed by atoms with van der Waals surface area (Å²) in [4.78, 5) is 0. The highest BCUT2D eigenvalue weighted by Gasteiger charge is 2.09. The second-order valence-electron chi connectivity index (χ2n) is 3.43. The van der Waals surface area contributed by atoms with Crippen LogP contribution >= 0.6 is 0 Å². The first-order valence-electron chi connectivity index (χ1n) is 4.66. The number of nitrogens with two attached hydrogens (primary N) is 1. The summed E-state index contributed by atoms with van der Waals surface area (Å²) < 4.78 is 18.3. The molecule has 0 saturated heterocycles. The molecule has 78 valence electrons. The van der Waals surface area contributed by atoms with E-state index in [1.807, 2.05) is 13.0 Å². The lowest BCUT2D eigenvalue weighted by molar-refractivity contribution is 0.184. The standard InChI is InChI=1S/C11H16FNO/c1-8(6-13)10-5-9(7-14-2)3-4-11(10)12/h3-5,8H,6-7,13H2,1-2H3. The van der Waals surface area contributed by atoms with Gasteiger partial charge in [0.05, 0.1) is 6.61 Å². The first kappa shape index (κ1) is 11.1. The van der Waals surface area contributed by atoms with Gasteiger partial charge in [0.15, 0.2) is 0 Å². The Morgan fingerprint density at radius 1 is 1.50 bits per heavy atom. The largest absolute Gasteiger partial charge is 0.380 e. The Morgan fingerprint density at radius 2 is 2.21 bits per heavy atom. The molecule has 0 spiro atoms. The van der Waals surface area contributed by atoms with E-state index < -0.39 is 0 Å². The average Bonchev–Trinajstić information content (AvgIpc) is 2.20. The van der Waals surface area contributed by atoms with Gasteiger partial charge in [-0.2, -0.15) is 0 Å². The molecule has 1 aromatic carbocycles. The first-order valence-corrected chi connectivity index (χ1v) is 4.66. The summed E-state index contributed by atoms with van der Waals surface area (Å²) in [5, 5.41) is 0. The summed E-state index contributed by atoms with van der Waals surface area (Å²) in [6.07, 6.45) is 0. The molecule has 0 heterocycles. The van der Waals surface area contributed by atoms with Crippen LogP contribution in [0.4, 0.5) is 4.39 Å². The Balaban J connectivity index is 2.95. The third-order valence-corrected chi connectivity index (χ3v) is 2.26. The SMILES string of the molecule is COCc1ccc(F)c(C(C)CN)c1. The number of ether oxygens (including phenoxy) is 1. The molecule has 14 heavy (non-hydrogen) atoms. The fourth-order valence-corrected chi connectivity index (χ4v) is 1.35. The monoisotopic (exact) mass is 197 g/mol. The van der Waals surface area contributed by atoms with E-state index in [0.717, 1.165) is 5.56 Å². The summed E-state index contributed by atoms with van der Waals surface area (Å²) >= 11 is 0. The van der Waals surface area contributed by atoms with Crippen LogP contribution in [-0.2, 0) is 11.3 Å². The van der Waals surface area contributed by atoms with Crippen LogP contribution in [0.3, 0.4) is 0 Å². The molecule has 0 radical (unpaired) electrons. The van der Waals surface area contributed by atoms with Crippen molar-refractivity contribution in [3.8, 4) is 0 Å². The van der Waals surface area contributed by atoms with E-state index in [0.29, 0.717) is 18.7 Å². The summed E-state index contributed by atoms with van der Waals surface area (Å²) in [5.41, 5.74) is 7.14. The van der Waals surface area contributed by atoms with Gasteiger partial charge < -0.3 is 10.5 Å². The first-order chi connectivity index (χ1) is 6.69. The van der Waals surface area contributed by atoms with Gasteiger partial charge >= 0.3 is 0 Å². The Hall–Kier alpha value is -0.930. The summed E-state index contributed by atoms with van der Waals surface area (Å²) in [6.45, 7) is 2.87. The Kier molecular flexibility index (Phi) is 4.04.